The molecule has 114 valence electrons. The largest absolute Gasteiger partial charge is 0.416 e. The molecule has 0 aliphatic carbocycles. The first kappa shape index (κ1) is 16.9. The Labute approximate surface area is 116 Å². The van der Waals surface area contributed by atoms with Crippen LogP contribution in [0.15, 0.2) is 29.2 Å². The van der Waals surface area contributed by atoms with E-state index in [0.29, 0.717) is 12.6 Å². The van der Waals surface area contributed by atoms with Crippen molar-refractivity contribution in [3.05, 3.63) is 29.8 Å². The number of rotatable bonds is 5. The van der Waals surface area contributed by atoms with Crippen molar-refractivity contribution in [3.63, 3.8) is 0 Å². The summed E-state index contributed by atoms with van der Waals surface area (Å²) in [4.78, 5) is 1.44. The lowest BCUT2D eigenvalue weighted by atomic mass is 10.2. The molecule has 0 amide bonds. The molecule has 1 rings (SSSR count). The second-order valence-electron chi connectivity index (χ2n) is 4.66. The summed E-state index contributed by atoms with van der Waals surface area (Å²) in [6.45, 7) is 0.681. The molecule has 0 aliphatic rings. The first-order valence-electron chi connectivity index (χ1n) is 5.83. The molecular weight excluding hydrogens is 293 g/mol. The van der Waals surface area contributed by atoms with Crippen molar-refractivity contribution < 1.29 is 21.6 Å². The second-order valence-corrected chi connectivity index (χ2v) is 6.70. The van der Waals surface area contributed by atoms with Gasteiger partial charge < -0.3 is 4.90 Å². The zero-order valence-corrected chi connectivity index (χ0v) is 12.3. The van der Waals surface area contributed by atoms with Crippen LogP contribution in [0.2, 0.25) is 0 Å². The van der Waals surface area contributed by atoms with Gasteiger partial charge in [-0.05, 0) is 32.3 Å². The number of nitrogens with zero attached hydrogens (tertiary/aromatic N) is 2. The Morgan fingerprint density at radius 2 is 1.70 bits per heavy atom. The van der Waals surface area contributed by atoms with E-state index >= 15 is 0 Å². The molecule has 0 saturated carbocycles. The minimum atomic E-state index is -4.56. The molecule has 1 aromatic rings. The predicted molar refractivity (Wildman–Crippen MR) is 69.8 cm³/mol. The van der Waals surface area contributed by atoms with E-state index in [0.717, 1.165) is 22.5 Å². The quantitative estimate of drug-likeness (QED) is 0.834. The normalized spacial score (nSPS) is 13.2. The molecule has 0 aliphatic heterocycles. The van der Waals surface area contributed by atoms with Crippen molar-refractivity contribution in [1.82, 2.24) is 9.21 Å². The molecular formula is C12H17F3N2O2S. The Morgan fingerprint density at radius 1 is 1.10 bits per heavy atom. The number of hydrogen-bond donors (Lipinski definition) is 0. The van der Waals surface area contributed by atoms with Gasteiger partial charge >= 0.3 is 6.18 Å². The van der Waals surface area contributed by atoms with Crippen LogP contribution >= 0.6 is 0 Å². The summed E-state index contributed by atoms with van der Waals surface area (Å²) in [6.07, 6.45) is -4.56. The molecule has 0 atom stereocenters. The summed E-state index contributed by atoms with van der Waals surface area (Å²) in [6, 6.07) is 3.76. The lowest BCUT2D eigenvalue weighted by Crippen LogP contribution is -2.33. The maximum absolute atomic E-state index is 12.6. The van der Waals surface area contributed by atoms with Crippen molar-refractivity contribution in [2.24, 2.45) is 0 Å². The highest BCUT2D eigenvalue weighted by Crippen LogP contribution is 2.30. The number of likely N-dealkylation sites (N-methyl/N-ethyl adjacent to an activating group) is 2. The van der Waals surface area contributed by atoms with Gasteiger partial charge in [0.1, 0.15) is 0 Å². The molecule has 4 nitrogen and oxygen atoms in total. The van der Waals surface area contributed by atoms with Crippen molar-refractivity contribution in [2.45, 2.75) is 11.1 Å². The molecule has 1 aromatic carbocycles. The third-order valence-corrected chi connectivity index (χ3v) is 4.58. The maximum Gasteiger partial charge on any atom is 0.416 e. The SMILES string of the molecule is CN(C)CCN(C)S(=O)(=O)c1cccc(C(F)(F)F)c1. The second kappa shape index (κ2) is 6.11. The van der Waals surface area contributed by atoms with E-state index in [-0.39, 0.29) is 11.4 Å². The number of hydrogen-bond acceptors (Lipinski definition) is 3. The highest BCUT2D eigenvalue weighted by atomic mass is 32.2. The first-order valence-corrected chi connectivity index (χ1v) is 7.27. The standard InChI is InChI=1S/C12H17F3N2O2S/c1-16(2)7-8-17(3)20(18,19)11-6-4-5-10(9-11)12(13,14)15/h4-6,9H,7-8H2,1-3H3. The summed E-state index contributed by atoms with van der Waals surface area (Å²) in [5, 5.41) is 0. The Bertz CT molecular complexity index is 556. The lowest BCUT2D eigenvalue weighted by molar-refractivity contribution is -0.137. The lowest BCUT2D eigenvalue weighted by Gasteiger charge is -2.20. The Hall–Kier alpha value is -1.12. The van der Waals surface area contributed by atoms with E-state index in [2.05, 4.69) is 0 Å². The van der Waals surface area contributed by atoms with Crippen LogP contribution in [-0.4, -0.2) is 51.9 Å². The molecule has 20 heavy (non-hydrogen) atoms. The minimum absolute atomic E-state index is 0.200. The highest BCUT2D eigenvalue weighted by Gasteiger charge is 2.32. The van der Waals surface area contributed by atoms with Gasteiger partial charge in [0.2, 0.25) is 10.0 Å². The van der Waals surface area contributed by atoms with Crippen LogP contribution in [0.1, 0.15) is 5.56 Å². The van der Waals surface area contributed by atoms with Crippen molar-refractivity contribution in [2.75, 3.05) is 34.2 Å². The fourth-order valence-electron chi connectivity index (χ4n) is 1.47. The molecule has 0 radical (unpaired) electrons. The topological polar surface area (TPSA) is 40.6 Å². The van der Waals surface area contributed by atoms with Gasteiger partial charge in [-0.2, -0.15) is 17.5 Å². The van der Waals surface area contributed by atoms with Gasteiger partial charge in [-0.1, -0.05) is 6.07 Å². The van der Waals surface area contributed by atoms with E-state index in [1.165, 1.54) is 7.05 Å². The van der Waals surface area contributed by atoms with Crippen molar-refractivity contribution in [3.8, 4) is 0 Å². The summed E-state index contributed by atoms with van der Waals surface area (Å²) >= 11 is 0. The zero-order chi connectivity index (χ0) is 15.6. The average Bonchev–Trinajstić information content (AvgIpc) is 2.34. The molecule has 0 heterocycles. The molecule has 0 aromatic heterocycles. The van der Waals surface area contributed by atoms with E-state index in [1.54, 1.807) is 19.0 Å². The first-order chi connectivity index (χ1) is 9.05. The molecule has 0 fully saturated rings. The number of benzene rings is 1. The summed E-state index contributed by atoms with van der Waals surface area (Å²) in [5.41, 5.74) is -0.973. The maximum atomic E-state index is 12.6. The van der Waals surface area contributed by atoms with E-state index in [4.69, 9.17) is 0 Å². The molecule has 0 saturated heterocycles. The van der Waals surface area contributed by atoms with Crippen LogP contribution in [-0.2, 0) is 16.2 Å². The fourth-order valence-corrected chi connectivity index (χ4v) is 2.68. The Morgan fingerprint density at radius 3 is 2.20 bits per heavy atom. The molecule has 0 bridgehead atoms. The third-order valence-electron chi connectivity index (χ3n) is 2.73. The molecule has 0 N–H and O–H groups in total. The predicted octanol–water partition coefficient (Wildman–Crippen LogP) is 1.89. The van der Waals surface area contributed by atoms with Gasteiger partial charge in [0.25, 0.3) is 0 Å². The van der Waals surface area contributed by atoms with Gasteiger partial charge in [0.05, 0.1) is 10.5 Å². The molecule has 0 unspecified atom stereocenters. The minimum Gasteiger partial charge on any atom is -0.308 e. The van der Waals surface area contributed by atoms with Gasteiger partial charge in [0, 0.05) is 20.1 Å². The molecule has 0 spiro atoms. The van der Waals surface area contributed by atoms with Gasteiger partial charge in [-0.3, -0.25) is 0 Å². The Kier molecular flexibility index (Phi) is 5.17. The fraction of sp³-hybridized carbons (Fsp3) is 0.500. The van der Waals surface area contributed by atoms with Gasteiger partial charge in [-0.15, -0.1) is 0 Å². The van der Waals surface area contributed by atoms with Gasteiger partial charge in [-0.25, -0.2) is 8.42 Å². The van der Waals surface area contributed by atoms with Crippen molar-refractivity contribution in [1.29, 1.82) is 0 Å². The number of halogens is 3. The zero-order valence-electron chi connectivity index (χ0n) is 11.5. The summed E-state index contributed by atoms with van der Waals surface area (Å²) in [7, 11) is 1.00. The third kappa shape index (κ3) is 4.19. The smallest absolute Gasteiger partial charge is 0.308 e. The molecule has 8 heteroatoms. The van der Waals surface area contributed by atoms with E-state index in [9.17, 15) is 21.6 Å². The van der Waals surface area contributed by atoms with Crippen LogP contribution in [0.25, 0.3) is 0 Å². The summed E-state index contributed by atoms with van der Waals surface area (Å²) < 4.78 is 63.2. The van der Waals surface area contributed by atoms with E-state index < -0.39 is 21.8 Å². The Balaban J connectivity index is 3.04. The van der Waals surface area contributed by atoms with Crippen molar-refractivity contribution >= 4 is 10.0 Å². The van der Waals surface area contributed by atoms with Crippen LogP contribution in [0, 0.1) is 0 Å². The number of alkyl halides is 3. The van der Waals surface area contributed by atoms with Crippen LogP contribution < -0.4 is 0 Å². The van der Waals surface area contributed by atoms with Crippen LogP contribution in [0.4, 0.5) is 13.2 Å². The average molecular weight is 310 g/mol. The van der Waals surface area contributed by atoms with Gasteiger partial charge in [0.15, 0.2) is 0 Å². The highest BCUT2D eigenvalue weighted by molar-refractivity contribution is 7.89. The monoisotopic (exact) mass is 310 g/mol. The van der Waals surface area contributed by atoms with Crippen LogP contribution in [0.3, 0.4) is 0 Å². The van der Waals surface area contributed by atoms with E-state index in [1.807, 2.05) is 0 Å². The van der Waals surface area contributed by atoms with Crippen LogP contribution in [0.5, 0.6) is 0 Å². The summed E-state index contributed by atoms with van der Waals surface area (Å²) in [5.74, 6) is 0. The number of sulfonamides is 1.